The Kier molecular flexibility index (Phi) is 4.85. The Morgan fingerprint density at radius 1 is 1.28 bits per heavy atom. The second kappa shape index (κ2) is 6.21. The summed E-state index contributed by atoms with van der Waals surface area (Å²) in [5, 5.41) is 3.58. The molecule has 2 atom stereocenters. The molecule has 0 bridgehead atoms. The third kappa shape index (κ3) is 2.80. The maximum Gasteiger partial charge on any atom is 0.0175 e. The van der Waals surface area contributed by atoms with Gasteiger partial charge in [-0.05, 0) is 48.9 Å². The van der Waals surface area contributed by atoms with Crippen LogP contribution in [0.25, 0.3) is 0 Å². The van der Waals surface area contributed by atoms with Gasteiger partial charge in [-0.1, -0.05) is 48.3 Å². The van der Waals surface area contributed by atoms with E-state index in [-0.39, 0.29) is 0 Å². The van der Waals surface area contributed by atoms with Crippen molar-refractivity contribution in [2.75, 3.05) is 13.1 Å². The molecule has 0 amide bonds. The number of nitrogens with one attached hydrogen (secondary N) is 1. The van der Waals surface area contributed by atoms with Crippen molar-refractivity contribution in [3.63, 3.8) is 0 Å². The van der Waals surface area contributed by atoms with E-state index in [2.05, 4.69) is 59.4 Å². The molecule has 0 saturated carbocycles. The molecule has 1 heterocycles. The SMILES string of the molecule is CCCC1(CC)CCNCC1c1ccc(Br)cc1. The molecule has 1 fully saturated rings. The van der Waals surface area contributed by atoms with E-state index in [1.165, 1.54) is 42.3 Å². The lowest BCUT2D eigenvalue weighted by atomic mass is 9.64. The Hall–Kier alpha value is -0.340. The quantitative estimate of drug-likeness (QED) is 0.848. The van der Waals surface area contributed by atoms with Crippen molar-refractivity contribution in [2.24, 2.45) is 5.41 Å². The zero-order valence-corrected chi connectivity index (χ0v) is 13.1. The first-order valence-corrected chi connectivity index (χ1v) is 7.97. The second-order valence-corrected chi connectivity index (χ2v) is 6.44. The average Bonchev–Trinajstić information content (AvgIpc) is 2.41. The van der Waals surface area contributed by atoms with Crippen molar-refractivity contribution >= 4 is 15.9 Å². The molecule has 1 saturated heterocycles. The van der Waals surface area contributed by atoms with E-state index in [9.17, 15) is 0 Å². The first-order valence-electron chi connectivity index (χ1n) is 7.18. The van der Waals surface area contributed by atoms with Gasteiger partial charge in [0, 0.05) is 16.9 Å². The van der Waals surface area contributed by atoms with Crippen molar-refractivity contribution < 1.29 is 0 Å². The van der Waals surface area contributed by atoms with Gasteiger partial charge in [0.15, 0.2) is 0 Å². The summed E-state index contributed by atoms with van der Waals surface area (Å²) in [4.78, 5) is 0. The van der Waals surface area contributed by atoms with E-state index in [1.54, 1.807) is 0 Å². The summed E-state index contributed by atoms with van der Waals surface area (Å²) in [6, 6.07) is 8.94. The van der Waals surface area contributed by atoms with E-state index in [1.807, 2.05) is 0 Å². The smallest absolute Gasteiger partial charge is 0.0175 e. The van der Waals surface area contributed by atoms with Crippen molar-refractivity contribution in [3.8, 4) is 0 Å². The molecule has 0 aliphatic carbocycles. The standard InChI is InChI=1S/C16H24BrN/c1-3-9-16(4-2)10-11-18-12-15(16)13-5-7-14(17)8-6-13/h5-8,15,18H,3-4,9-12H2,1-2H3. The van der Waals surface area contributed by atoms with Gasteiger partial charge >= 0.3 is 0 Å². The van der Waals surface area contributed by atoms with Crippen LogP contribution in [0, 0.1) is 5.41 Å². The Balaban J connectivity index is 2.29. The van der Waals surface area contributed by atoms with Crippen molar-refractivity contribution in [3.05, 3.63) is 34.3 Å². The predicted octanol–water partition coefficient (Wildman–Crippen LogP) is 4.72. The van der Waals surface area contributed by atoms with Gasteiger partial charge in [-0.25, -0.2) is 0 Å². The lowest BCUT2D eigenvalue weighted by molar-refractivity contribution is 0.139. The fourth-order valence-corrected chi connectivity index (χ4v) is 3.80. The first-order chi connectivity index (χ1) is 8.72. The average molecular weight is 310 g/mol. The van der Waals surface area contributed by atoms with Crippen LogP contribution in [0.15, 0.2) is 28.7 Å². The van der Waals surface area contributed by atoms with E-state index < -0.39 is 0 Å². The summed E-state index contributed by atoms with van der Waals surface area (Å²) in [6.45, 7) is 7.00. The topological polar surface area (TPSA) is 12.0 Å². The number of hydrogen-bond donors (Lipinski definition) is 1. The summed E-state index contributed by atoms with van der Waals surface area (Å²) in [5.74, 6) is 0.671. The van der Waals surface area contributed by atoms with Gasteiger partial charge in [0.25, 0.3) is 0 Å². The third-order valence-corrected chi connectivity index (χ3v) is 5.14. The van der Waals surface area contributed by atoms with Gasteiger partial charge in [-0.15, -0.1) is 0 Å². The highest BCUT2D eigenvalue weighted by Crippen LogP contribution is 2.47. The third-order valence-electron chi connectivity index (χ3n) is 4.61. The van der Waals surface area contributed by atoms with Gasteiger partial charge in [-0.2, -0.15) is 0 Å². The van der Waals surface area contributed by atoms with Gasteiger partial charge in [0.05, 0.1) is 0 Å². The molecular formula is C16H24BrN. The maximum atomic E-state index is 3.58. The fraction of sp³-hybridized carbons (Fsp3) is 0.625. The highest BCUT2D eigenvalue weighted by atomic mass is 79.9. The summed E-state index contributed by atoms with van der Waals surface area (Å²) in [7, 11) is 0. The van der Waals surface area contributed by atoms with E-state index >= 15 is 0 Å². The van der Waals surface area contributed by atoms with Crippen molar-refractivity contribution in [2.45, 2.75) is 45.4 Å². The first kappa shape index (κ1) is 14.1. The highest BCUT2D eigenvalue weighted by molar-refractivity contribution is 9.10. The summed E-state index contributed by atoms with van der Waals surface area (Å²) in [5.41, 5.74) is 2.01. The molecule has 2 rings (SSSR count). The molecule has 0 aromatic heterocycles. The second-order valence-electron chi connectivity index (χ2n) is 5.52. The Morgan fingerprint density at radius 2 is 2.00 bits per heavy atom. The minimum Gasteiger partial charge on any atom is -0.316 e. The maximum absolute atomic E-state index is 3.58. The van der Waals surface area contributed by atoms with Crippen LogP contribution in [0.1, 0.15) is 51.0 Å². The van der Waals surface area contributed by atoms with Gasteiger partial charge in [-0.3, -0.25) is 0 Å². The molecule has 1 aromatic carbocycles. The number of benzene rings is 1. The van der Waals surface area contributed by atoms with E-state index in [0.717, 1.165) is 6.54 Å². The van der Waals surface area contributed by atoms with Crippen LogP contribution in [0.5, 0.6) is 0 Å². The minimum absolute atomic E-state index is 0.508. The highest BCUT2D eigenvalue weighted by Gasteiger charge is 2.39. The lowest BCUT2D eigenvalue weighted by Crippen LogP contribution is -2.43. The van der Waals surface area contributed by atoms with Gasteiger partial charge in [0.2, 0.25) is 0 Å². The Bertz CT molecular complexity index is 369. The number of halogens is 1. The molecule has 1 aliphatic rings. The largest absolute Gasteiger partial charge is 0.316 e. The Labute approximate surface area is 119 Å². The van der Waals surface area contributed by atoms with Crippen LogP contribution >= 0.6 is 15.9 Å². The molecule has 1 nitrogen and oxygen atoms in total. The summed E-state index contributed by atoms with van der Waals surface area (Å²) < 4.78 is 1.17. The molecular weight excluding hydrogens is 286 g/mol. The van der Waals surface area contributed by atoms with Crippen molar-refractivity contribution in [1.82, 2.24) is 5.32 Å². The monoisotopic (exact) mass is 309 g/mol. The molecule has 2 heteroatoms. The molecule has 18 heavy (non-hydrogen) atoms. The Morgan fingerprint density at radius 3 is 2.61 bits per heavy atom. The normalized spacial score (nSPS) is 28.3. The van der Waals surface area contributed by atoms with Crippen LogP contribution in [-0.4, -0.2) is 13.1 Å². The van der Waals surface area contributed by atoms with Crippen LogP contribution < -0.4 is 5.32 Å². The number of piperidine rings is 1. The van der Waals surface area contributed by atoms with Gasteiger partial charge < -0.3 is 5.32 Å². The molecule has 100 valence electrons. The lowest BCUT2D eigenvalue weighted by Gasteiger charge is -2.44. The van der Waals surface area contributed by atoms with Crippen LogP contribution in [0.2, 0.25) is 0 Å². The van der Waals surface area contributed by atoms with E-state index in [0.29, 0.717) is 11.3 Å². The van der Waals surface area contributed by atoms with E-state index in [4.69, 9.17) is 0 Å². The molecule has 1 aromatic rings. The fourth-order valence-electron chi connectivity index (χ4n) is 3.54. The molecule has 1 N–H and O–H groups in total. The summed E-state index contributed by atoms with van der Waals surface area (Å²) >= 11 is 3.53. The molecule has 2 unspecified atom stereocenters. The van der Waals surface area contributed by atoms with Crippen LogP contribution in [0.3, 0.4) is 0 Å². The molecule has 0 spiro atoms. The van der Waals surface area contributed by atoms with Gasteiger partial charge in [0.1, 0.15) is 0 Å². The number of hydrogen-bond acceptors (Lipinski definition) is 1. The predicted molar refractivity (Wildman–Crippen MR) is 82.0 cm³/mol. The minimum atomic E-state index is 0.508. The van der Waals surface area contributed by atoms with Crippen LogP contribution in [-0.2, 0) is 0 Å². The van der Waals surface area contributed by atoms with Crippen LogP contribution in [0.4, 0.5) is 0 Å². The zero-order chi connectivity index (χ0) is 13.0. The number of rotatable bonds is 4. The molecule has 0 radical (unpaired) electrons. The summed E-state index contributed by atoms with van der Waals surface area (Å²) in [6.07, 6.45) is 5.26. The molecule has 1 aliphatic heterocycles. The van der Waals surface area contributed by atoms with Crippen molar-refractivity contribution in [1.29, 1.82) is 0 Å². The zero-order valence-electron chi connectivity index (χ0n) is 11.5.